The molecule has 2 N–H and O–H groups in total. The summed E-state index contributed by atoms with van der Waals surface area (Å²) in [7, 11) is 0. The Morgan fingerprint density at radius 1 is 0.944 bits per heavy atom. The molecule has 3 aromatic carbocycles. The fraction of sp³-hybridized carbons (Fsp3) is 0.125. The molecule has 1 heterocycles. The van der Waals surface area contributed by atoms with E-state index in [0.29, 0.717) is 31.5 Å². The molecule has 0 spiro atoms. The first-order valence-electron chi connectivity index (χ1n) is 10.3. The SMILES string of the molecule is O=C(Nc1nc2cc(F)ccc2s1)c1cc(NC(=O)[C@H]2[C@H](c3cc(Cl)cc(Cl)c3)C2(Cl)Cl)ccc1Cl. The molecule has 0 radical (unpaired) electrons. The second-order valence-corrected chi connectivity index (χ2v) is 11.9. The molecule has 5 rings (SSSR count). The van der Waals surface area contributed by atoms with Crippen LogP contribution in [0.15, 0.2) is 54.6 Å². The Morgan fingerprint density at radius 2 is 1.67 bits per heavy atom. The molecule has 1 aliphatic rings. The van der Waals surface area contributed by atoms with Gasteiger partial charge in [-0.1, -0.05) is 46.1 Å². The zero-order chi connectivity index (χ0) is 25.8. The minimum absolute atomic E-state index is 0.108. The van der Waals surface area contributed by atoms with Crippen LogP contribution in [-0.4, -0.2) is 21.1 Å². The van der Waals surface area contributed by atoms with E-state index in [2.05, 4.69) is 15.6 Å². The van der Waals surface area contributed by atoms with Gasteiger partial charge in [-0.05, 0) is 54.1 Å². The molecule has 1 saturated carbocycles. The predicted octanol–water partition coefficient (Wildman–Crippen LogP) is 8.17. The summed E-state index contributed by atoms with van der Waals surface area (Å²) in [5, 5.41) is 6.64. The number of carbonyl (C=O) groups is 2. The van der Waals surface area contributed by atoms with Crippen LogP contribution in [0.3, 0.4) is 0 Å². The third kappa shape index (κ3) is 5.01. The van der Waals surface area contributed by atoms with Gasteiger partial charge >= 0.3 is 0 Å². The number of benzene rings is 3. The first-order chi connectivity index (χ1) is 17.0. The maximum absolute atomic E-state index is 13.4. The number of fused-ring (bicyclic) bond motifs is 1. The van der Waals surface area contributed by atoms with Gasteiger partial charge in [0.05, 0.1) is 26.7 Å². The van der Waals surface area contributed by atoms with Gasteiger partial charge in [-0.2, -0.15) is 0 Å². The van der Waals surface area contributed by atoms with Crippen molar-refractivity contribution in [3.8, 4) is 0 Å². The summed E-state index contributed by atoms with van der Waals surface area (Å²) in [6.45, 7) is 0. The number of hydrogen-bond acceptors (Lipinski definition) is 4. The Balaban J connectivity index is 1.33. The van der Waals surface area contributed by atoms with Crippen LogP contribution in [0.2, 0.25) is 15.1 Å². The maximum atomic E-state index is 13.4. The van der Waals surface area contributed by atoms with E-state index >= 15 is 0 Å². The molecule has 1 aromatic heterocycles. The number of amides is 2. The van der Waals surface area contributed by atoms with Gasteiger partial charge in [0, 0.05) is 27.7 Å². The number of carbonyl (C=O) groups excluding carboxylic acids is 2. The quantitative estimate of drug-likeness (QED) is 0.226. The van der Waals surface area contributed by atoms with E-state index in [4.69, 9.17) is 58.0 Å². The molecule has 0 unspecified atom stereocenters. The van der Waals surface area contributed by atoms with E-state index in [-0.39, 0.29) is 15.7 Å². The Labute approximate surface area is 233 Å². The first kappa shape index (κ1) is 25.5. The fourth-order valence-corrected chi connectivity index (χ4v) is 6.35. The number of nitrogens with zero attached hydrogens (tertiary/aromatic N) is 1. The third-order valence-electron chi connectivity index (χ3n) is 5.63. The summed E-state index contributed by atoms with van der Waals surface area (Å²) in [4.78, 5) is 30.1. The third-order valence-corrected chi connectivity index (χ3v) is 8.29. The zero-order valence-corrected chi connectivity index (χ0v) is 22.4. The molecular formula is C24H13Cl5FN3O2S. The molecular weight excluding hydrogens is 591 g/mol. The number of alkyl halides is 2. The molecule has 1 aliphatic carbocycles. The average molecular weight is 604 g/mol. The van der Waals surface area contributed by atoms with Crippen LogP contribution < -0.4 is 10.6 Å². The van der Waals surface area contributed by atoms with Crippen LogP contribution >= 0.6 is 69.3 Å². The molecule has 0 saturated heterocycles. The molecule has 12 heteroatoms. The summed E-state index contributed by atoms with van der Waals surface area (Å²) in [5.74, 6) is -2.70. The second-order valence-electron chi connectivity index (χ2n) is 8.10. The highest BCUT2D eigenvalue weighted by atomic mass is 35.5. The van der Waals surface area contributed by atoms with Gasteiger partial charge in [0.1, 0.15) is 10.2 Å². The van der Waals surface area contributed by atoms with Crippen molar-refractivity contribution in [2.75, 3.05) is 10.6 Å². The van der Waals surface area contributed by atoms with Crippen molar-refractivity contribution in [2.24, 2.45) is 5.92 Å². The lowest BCUT2D eigenvalue weighted by Crippen LogP contribution is -2.18. The van der Waals surface area contributed by atoms with Gasteiger partial charge in [-0.25, -0.2) is 9.37 Å². The number of rotatable bonds is 5. The molecule has 0 bridgehead atoms. The van der Waals surface area contributed by atoms with E-state index in [0.717, 1.165) is 0 Å². The monoisotopic (exact) mass is 601 g/mol. The molecule has 184 valence electrons. The van der Waals surface area contributed by atoms with Gasteiger partial charge < -0.3 is 5.32 Å². The Hall–Kier alpha value is -2.13. The molecule has 2 amide bonds. The van der Waals surface area contributed by atoms with Crippen molar-refractivity contribution in [3.63, 3.8) is 0 Å². The topological polar surface area (TPSA) is 71.1 Å². The van der Waals surface area contributed by atoms with E-state index in [1.807, 2.05) is 0 Å². The Kier molecular flexibility index (Phi) is 6.83. The minimum atomic E-state index is -1.35. The summed E-state index contributed by atoms with van der Waals surface area (Å²) in [6, 6.07) is 13.5. The van der Waals surface area contributed by atoms with E-state index < -0.39 is 33.8 Å². The molecule has 1 fully saturated rings. The number of anilines is 2. The van der Waals surface area contributed by atoms with E-state index in [1.165, 1.54) is 35.6 Å². The average Bonchev–Trinajstić information content (AvgIpc) is 3.16. The number of hydrogen-bond donors (Lipinski definition) is 2. The number of thiazole rings is 1. The normalized spacial score (nSPS) is 18.2. The summed E-state index contributed by atoms with van der Waals surface area (Å²) in [6.07, 6.45) is 0. The number of aromatic nitrogens is 1. The summed E-state index contributed by atoms with van der Waals surface area (Å²) in [5.41, 5.74) is 1.49. The minimum Gasteiger partial charge on any atom is -0.326 e. The van der Waals surface area contributed by atoms with Crippen LogP contribution in [-0.2, 0) is 4.79 Å². The highest BCUT2D eigenvalue weighted by Gasteiger charge is 2.67. The standard InChI is InChI=1S/C24H13Cl5FN3O2S/c25-11-5-10(6-12(26)7-11)19-20(24(19,28)29)22(35)31-14-2-3-16(27)15(9-14)21(34)33-23-32-17-8-13(30)1-4-18(17)36-23/h1-9,19-20H,(H,31,35)(H,32,33,34)/t19-,20+/m0/s1. The van der Waals surface area contributed by atoms with Crippen molar-refractivity contribution in [1.29, 1.82) is 0 Å². The van der Waals surface area contributed by atoms with Gasteiger partial charge in [0.25, 0.3) is 5.91 Å². The van der Waals surface area contributed by atoms with E-state index in [1.54, 1.807) is 30.3 Å². The van der Waals surface area contributed by atoms with Crippen molar-refractivity contribution in [3.05, 3.63) is 86.6 Å². The molecule has 2 atom stereocenters. The second kappa shape index (κ2) is 9.63. The zero-order valence-electron chi connectivity index (χ0n) is 17.8. The lowest BCUT2D eigenvalue weighted by molar-refractivity contribution is -0.117. The lowest BCUT2D eigenvalue weighted by atomic mass is 10.1. The van der Waals surface area contributed by atoms with E-state index in [9.17, 15) is 14.0 Å². The molecule has 36 heavy (non-hydrogen) atoms. The van der Waals surface area contributed by atoms with Gasteiger partial charge in [-0.15, -0.1) is 23.2 Å². The number of nitrogens with one attached hydrogen (secondary N) is 2. The van der Waals surface area contributed by atoms with Crippen LogP contribution in [0.5, 0.6) is 0 Å². The Bertz CT molecular complexity index is 1520. The summed E-state index contributed by atoms with van der Waals surface area (Å²) >= 11 is 32.4. The van der Waals surface area contributed by atoms with Crippen LogP contribution in [0, 0.1) is 11.7 Å². The van der Waals surface area contributed by atoms with Crippen molar-refractivity contribution in [2.45, 2.75) is 10.3 Å². The number of halogens is 6. The maximum Gasteiger partial charge on any atom is 0.259 e. The van der Waals surface area contributed by atoms with Crippen molar-refractivity contribution >= 4 is 102 Å². The fourth-order valence-electron chi connectivity index (χ4n) is 3.94. The molecule has 5 nitrogen and oxygen atoms in total. The summed E-state index contributed by atoms with van der Waals surface area (Å²) < 4.78 is 12.8. The highest BCUT2D eigenvalue weighted by molar-refractivity contribution is 7.22. The van der Waals surface area contributed by atoms with Crippen molar-refractivity contribution < 1.29 is 14.0 Å². The lowest BCUT2D eigenvalue weighted by Gasteiger charge is -2.09. The first-order valence-corrected chi connectivity index (χ1v) is 13.1. The van der Waals surface area contributed by atoms with Crippen molar-refractivity contribution in [1.82, 2.24) is 4.98 Å². The largest absolute Gasteiger partial charge is 0.326 e. The predicted molar refractivity (Wildman–Crippen MR) is 145 cm³/mol. The smallest absolute Gasteiger partial charge is 0.259 e. The van der Waals surface area contributed by atoms with Gasteiger partial charge in [-0.3, -0.25) is 14.9 Å². The molecule has 4 aromatic rings. The van der Waals surface area contributed by atoms with Crippen LogP contribution in [0.4, 0.5) is 15.2 Å². The highest BCUT2D eigenvalue weighted by Crippen LogP contribution is 2.65. The van der Waals surface area contributed by atoms with Gasteiger partial charge in [0.15, 0.2) is 5.13 Å². The van der Waals surface area contributed by atoms with Crippen LogP contribution in [0.25, 0.3) is 10.2 Å². The van der Waals surface area contributed by atoms with Crippen LogP contribution in [0.1, 0.15) is 21.8 Å². The Morgan fingerprint density at radius 3 is 2.39 bits per heavy atom. The molecule has 0 aliphatic heterocycles. The van der Waals surface area contributed by atoms with Gasteiger partial charge in [0.2, 0.25) is 5.91 Å².